The monoisotopic (exact) mass is 306 g/mol. The molecule has 0 saturated carbocycles. The largest absolute Gasteiger partial charge is 0.424 e. The zero-order valence-corrected chi connectivity index (χ0v) is 13.7. The Morgan fingerprint density at radius 2 is 1.83 bits per heavy atom. The second-order valence-electron chi connectivity index (χ2n) is 3.51. The van der Waals surface area contributed by atoms with Crippen molar-refractivity contribution in [3.63, 3.8) is 0 Å². The Kier molecular flexibility index (Phi) is 6.67. The van der Waals surface area contributed by atoms with E-state index in [1.165, 1.54) is 4.90 Å². The van der Waals surface area contributed by atoms with Crippen LogP contribution < -0.4 is 4.52 Å². The molecule has 0 atom stereocenters. The van der Waals surface area contributed by atoms with Crippen molar-refractivity contribution in [2.45, 2.75) is 25.7 Å². The van der Waals surface area contributed by atoms with Gasteiger partial charge in [-0.1, -0.05) is 0 Å². The highest BCUT2D eigenvalue weighted by atomic mass is 32.5. The summed E-state index contributed by atoms with van der Waals surface area (Å²) in [6, 6.07) is 5.99. The molecule has 1 rings (SSSR count). The van der Waals surface area contributed by atoms with Gasteiger partial charge in [0, 0.05) is 16.7 Å². The molecule has 0 N–H and O–H groups in total. The predicted octanol–water partition coefficient (Wildman–Crippen LogP) is 4.39. The average molecular weight is 306 g/mol. The van der Waals surface area contributed by atoms with Crippen molar-refractivity contribution in [2.24, 2.45) is 0 Å². The Balaban J connectivity index is 2.90. The maximum atomic E-state index is 5.79. The summed E-state index contributed by atoms with van der Waals surface area (Å²) in [5.74, 6) is 0.734. The van der Waals surface area contributed by atoms with E-state index in [2.05, 4.69) is 6.07 Å². The van der Waals surface area contributed by atoms with Crippen LogP contribution in [0.15, 0.2) is 23.1 Å². The number of hydrogen-bond donors (Lipinski definition) is 0. The molecule has 0 aliphatic heterocycles. The van der Waals surface area contributed by atoms with Crippen LogP contribution >= 0.6 is 18.5 Å². The van der Waals surface area contributed by atoms with E-state index in [9.17, 15) is 0 Å². The summed E-state index contributed by atoms with van der Waals surface area (Å²) in [6.45, 7) is 4.06. The summed E-state index contributed by atoms with van der Waals surface area (Å²) in [6.07, 6.45) is 2.04. The molecule has 1 aromatic rings. The van der Waals surface area contributed by atoms with Crippen LogP contribution in [-0.2, 0) is 20.9 Å². The normalized spacial score (nSPS) is 11.6. The summed E-state index contributed by atoms with van der Waals surface area (Å²) in [5, 5.41) is 0. The van der Waals surface area contributed by atoms with Gasteiger partial charge in [-0.3, -0.25) is 9.05 Å². The molecular weight excluding hydrogens is 287 g/mol. The Hall–Kier alpha value is -0.0600. The lowest BCUT2D eigenvalue weighted by Gasteiger charge is -2.22. The number of hydrogen-bond acceptors (Lipinski definition) is 5. The standard InChI is InChI=1S/C12H19O3PS2/c1-5-13-16(17,14-6-2)15-12-8-7-11(18-4)9-10(12)3/h7-9H,5-6H2,1-4H3. The van der Waals surface area contributed by atoms with E-state index < -0.39 is 6.72 Å². The van der Waals surface area contributed by atoms with Gasteiger partial charge in [0.2, 0.25) is 0 Å². The van der Waals surface area contributed by atoms with Crippen molar-refractivity contribution in [1.82, 2.24) is 0 Å². The zero-order valence-electron chi connectivity index (χ0n) is 11.1. The third-order valence-corrected chi connectivity index (χ3v) is 5.32. The molecule has 102 valence electrons. The van der Waals surface area contributed by atoms with E-state index in [1.807, 2.05) is 39.2 Å². The molecule has 6 heteroatoms. The van der Waals surface area contributed by atoms with Gasteiger partial charge in [-0.05, 0) is 50.8 Å². The first-order chi connectivity index (χ1) is 8.54. The lowest BCUT2D eigenvalue weighted by atomic mass is 10.2. The average Bonchev–Trinajstić information content (AvgIpc) is 2.32. The van der Waals surface area contributed by atoms with Gasteiger partial charge in [0.1, 0.15) is 5.75 Å². The molecule has 3 nitrogen and oxygen atoms in total. The first-order valence-corrected chi connectivity index (χ1v) is 9.56. The van der Waals surface area contributed by atoms with Gasteiger partial charge in [0.15, 0.2) is 0 Å². The SMILES string of the molecule is CCOP(=S)(OCC)Oc1ccc(SC)cc1C. The summed E-state index contributed by atoms with van der Waals surface area (Å²) in [7, 11) is 0. The van der Waals surface area contributed by atoms with Crippen molar-refractivity contribution in [3.8, 4) is 5.75 Å². The fraction of sp³-hybridized carbons (Fsp3) is 0.500. The first-order valence-electron chi connectivity index (χ1n) is 5.78. The van der Waals surface area contributed by atoms with Crippen LogP contribution in [0.4, 0.5) is 0 Å². The van der Waals surface area contributed by atoms with Crippen LogP contribution in [0.2, 0.25) is 0 Å². The Morgan fingerprint density at radius 3 is 2.28 bits per heavy atom. The summed E-state index contributed by atoms with van der Waals surface area (Å²) < 4.78 is 16.7. The molecule has 0 amide bonds. The van der Waals surface area contributed by atoms with Crippen molar-refractivity contribution < 1.29 is 13.6 Å². The summed E-state index contributed by atoms with van der Waals surface area (Å²) >= 11 is 7.04. The number of benzene rings is 1. The molecule has 0 aromatic heterocycles. The maximum Gasteiger partial charge on any atom is 0.380 e. The second kappa shape index (κ2) is 7.51. The molecular formula is C12H19O3PS2. The fourth-order valence-electron chi connectivity index (χ4n) is 1.38. The lowest BCUT2D eigenvalue weighted by Crippen LogP contribution is -2.02. The minimum Gasteiger partial charge on any atom is -0.424 e. The van der Waals surface area contributed by atoms with Crippen molar-refractivity contribution >= 4 is 30.3 Å². The van der Waals surface area contributed by atoms with E-state index in [0.717, 1.165) is 11.3 Å². The van der Waals surface area contributed by atoms with Gasteiger partial charge in [-0.2, -0.15) is 0 Å². The third kappa shape index (κ3) is 4.56. The molecule has 0 saturated heterocycles. The van der Waals surface area contributed by atoms with Gasteiger partial charge in [0.05, 0.1) is 13.2 Å². The predicted molar refractivity (Wildman–Crippen MR) is 81.1 cm³/mol. The van der Waals surface area contributed by atoms with Gasteiger partial charge >= 0.3 is 6.72 Å². The highest BCUT2D eigenvalue weighted by molar-refractivity contribution is 8.07. The second-order valence-corrected chi connectivity index (χ2v) is 7.32. The van der Waals surface area contributed by atoms with E-state index in [1.54, 1.807) is 11.8 Å². The smallest absolute Gasteiger partial charge is 0.380 e. The van der Waals surface area contributed by atoms with Crippen molar-refractivity contribution in [1.29, 1.82) is 0 Å². The molecule has 0 bridgehead atoms. The van der Waals surface area contributed by atoms with Gasteiger partial charge in [0.25, 0.3) is 0 Å². The quantitative estimate of drug-likeness (QED) is 0.550. The number of thioether (sulfide) groups is 1. The summed E-state index contributed by atoms with van der Waals surface area (Å²) in [4.78, 5) is 1.20. The Bertz CT molecular complexity index is 427. The van der Waals surface area contributed by atoms with Gasteiger partial charge < -0.3 is 4.52 Å². The molecule has 18 heavy (non-hydrogen) atoms. The minimum absolute atomic E-state index is 0.485. The van der Waals surface area contributed by atoms with Crippen LogP contribution in [0.1, 0.15) is 19.4 Å². The fourth-order valence-corrected chi connectivity index (χ4v) is 4.01. The van der Waals surface area contributed by atoms with Gasteiger partial charge in [-0.15, -0.1) is 11.8 Å². The molecule has 0 spiro atoms. The van der Waals surface area contributed by atoms with Crippen LogP contribution in [0.3, 0.4) is 0 Å². The zero-order chi connectivity index (χ0) is 13.6. The molecule has 0 aliphatic carbocycles. The van der Waals surface area contributed by atoms with E-state index in [-0.39, 0.29) is 0 Å². The lowest BCUT2D eigenvalue weighted by molar-refractivity contribution is 0.217. The molecule has 0 radical (unpaired) electrons. The minimum atomic E-state index is -2.67. The Labute approximate surface area is 118 Å². The number of aryl methyl sites for hydroxylation is 1. The molecule has 0 fully saturated rings. The van der Waals surface area contributed by atoms with Crippen LogP contribution in [0, 0.1) is 6.92 Å². The maximum absolute atomic E-state index is 5.79. The molecule has 1 aromatic carbocycles. The molecule has 0 unspecified atom stereocenters. The van der Waals surface area contributed by atoms with Crippen LogP contribution in [0.5, 0.6) is 5.75 Å². The highest BCUT2D eigenvalue weighted by Crippen LogP contribution is 2.50. The first kappa shape index (κ1) is 16.0. The molecule has 0 heterocycles. The molecule has 0 aliphatic rings. The highest BCUT2D eigenvalue weighted by Gasteiger charge is 2.22. The van der Waals surface area contributed by atoms with E-state index >= 15 is 0 Å². The van der Waals surface area contributed by atoms with E-state index in [4.69, 9.17) is 25.4 Å². The Morgan fingerprint density at radius 1 is 1.22 bits per heavy atom. The number of rotatable bonds is 7. The van der Waals surface area contributed by atoms with Gasteiger partial charge in [-0.25, -0.2) is 0 Å². The van der Waals surface area contributed by atoms with Crippen molar-refractivity contribution in [3.05, 3.63) is 23.8 Å². The van der Waals surface area contributed by atoms with E-state index in [0.29, 0.717) is 13.2 Å². The third-order valence-electron chi connectivity index (χ3n) is 2.17. The van der Waals surface area contributed by atoms with Crippen LogP contribution in [-0.4, -0.2) is 19.5 Å². The van der Waals surface area contributed by atoms with Crippen LogP contribution in [0.25, 0.3) is 0 Å². The summed E-state index contributed by atoms with van der Waals surface area (Å²) in [5.41, 5.74) is 1.04. The topological polar surface area (TPSA) is 27.7 Å². The van der Waals surface area contributed by atoms with Crippen molar-refractivity contribution in [2.75, 3.05) is 19.5 Å².